The highest BCUT2D eigenvalue weighted by Gasteiger charge is 2.24. The number of carbonyl (C=O) groups excluding carboxylic acids is 2. The zero-order valence-electron chi connectivity index (χ0n) is 12.8. The van der Waals surface area contributed by atoms with Crippen molar-refractivity contribution >= 4 is 29.1 Å². The Bertz CT molecular complexity index is 735. The van der Waals surface area contributed by atoms with Crippen LogP contribution in [0.2, 0.25) is 5.02 Å². The first kappa shape index (κ1) is 15.6. The molecule has 23 heavy (non-hydrogen) atoms. The van der Waals surface area contributed by atoms with Crippen LogP contribution >= 0.6 is 11.6 Å². The number of pyridine rings is 1. The van der Waals surface area contributed by atoms with Gasteiger partial charge in [0.25, 0.3) is 5.91 Å². The van der Waals surface area contributed by atoms with Gasteiger partial charge in [0.1, 0.15) is 11.5 Å². The van der Waals surface area contributed by atoms with E-state index in [-0.39, 0.29) is 11.7 Å². The molecule has 0 unspecified atom stereocenters. The Labute approximate surface area is 139 Å². The first-order valence-electron chi connectivity index (χ1n) is 7.40. The third kappa shape index (κ3) is 3.22. The molecule has 7 heteroatoms. The van der Waals surface area contributed by atoms with Gasteiger partial charge in [-0.2, -0.15) is 0 Å². The van der Waals surface area contributed by atoms with E-state index >= 15 is 0 Å². The molecule has 120 valence electrons. The molecule has 0 radical (unpaired) electrons. The molecule has 2 aromatic heterocycles. The van der Waals surface area contributed by atoms with Crippen molar-refractivity contribution in [2.45, 2.75) is 6.92 Å². The number of halogens is 1. The largest absolute Gasteiger partial charge is 0.356 e. The number of nitrogens with one attached hydrogen (secondary N) is 1. The van der Waals surface area contributed by atoms with Crippen LogP contribution in [-0.2, 0) is 0 Å². The van der Waals surface area contributed by atoms with Gasteiger partial charge >= 0.3 is 0 Å². The average molecular weight is 333 g/mol. The Balaban J connectivity index is 1.65. The maximum atomic E-state index is 12.5. The van der Waals surface area contributed by atoms with Crippen molar-refractivity contribution in [3.8, 4) is 0 Å². The molecule has 0 aliphatic carbocycles. The lowest BCUT2D eigenvalue weighted by atomic mass is 10.2. The van der Waals surface area contributed by atoms with Gasteiger partial charge in [0.05, 0.1) is 5.02 Å². The van der Waals surface area contributed by atoms with Crippen molar-refractivity contribution in [1.29, 1.82) is 0 Å². The van der Waals surface area contributed by atoms with Crippen LogP contribution in [0.5, 0.6) is 0 Å². The molecule has 1 aliphatic heterocycles. The molecule has 3 heterocycles. The molecule has 1 saturated heterocycles. The molecular formula is C16H17ClN4O2. The molecular weight excluding hydrogens is 316 g/mol. The van der Waals surface area contributed by atoms with E-state index in [1.807, 2.05) is 6.07 Å². The van der Waals surface area contributed by atoms with Crippen LogP contribution in [0.1, 0.15) is 27.8 Å². The Hall–Kier alpha value is -2.34. The first-order valence-corrected chi connectivity index (χ1v) is 7.78. The van der Waals surface area contributed by atoms with Gasteiger partial charge < -0.3 is 14.8 Å². The van der Waals surface area contributed by atoms with Gasteiger partial charge in [-0.25, -0.2) is 4.98 Å². The van der Waals surface area contributed by atoms with Gasteiger partial charge in [0, 0.05) is 44.1 Å². The quantitative estimate of drug-likeness (QED) is 0.875. The van der Waals surface area contributed by atoms with Crippen LogP contribution in [0.15, 0.2) is 30.6 Å². The van der Waals surface area contributed by atoms with E-state index in [0.717, 1.165) is 5.82 Å². The zero-order chi connectivity index (χ0) is 16.4. The van der Waals surface area contributed by atoms with Crippen LogP contribution in [-0.4, -0.2) is 52.7 Å². The summed E-state index contributed by atoms with van der Waals surface area (Å²) in [6.45, 7) is 3.98. The number of H-pyrrole nitrogens is 1. The number of anilines is 1. The Kier molecular flexibility index (Phi) is 4.34. The average Bonchev–Trinajstić information content (AvgIpc) is 3.05. The van der Waals surface area contributed by atoms with Gasteiger partial charge in [-0.3, -0.25) is 9.59 Å². The second kappa shape index (κ2) is 6.42. The fraction of sp³-hybridized carbons (Fsp3) is 0.312. The summed E-state index contributed by atoms with van der Waals surface area (Å²) in [6.07, 6.45) is 3.28. The standard InChI is InChI=1S/C16H17ClN4O2/c1-11(22)12-9-14(19-10-12)16(23)21-7-5-20(6-8-21)15-13(17)3-2-4-18-15/h2-4,9-10,19H,5-8H2,1H3. The van der Waals surface area contributed by atoms with Gasteiger partial charge in [-0.05, 0) is 25.1 Å². The van der Waals surface area contributed by atoms with Crippen LogP contribution in [0, 0.1) is 0 Å². The third-order valence-electron chi connectivity index (χ3n) is 3.93. The number of piperazine rings is 1. The highest BCUT2D eigenvalue weighted by atomic mass is 35.5. The lowest BCUT2D eigenvalue weighted by Crippen LogP contribution is -2.49. The Morgan fingerprint density at radius 2 is 2.00 bits per heavy atom. The number of nitrogens with zero attached hydrogens (tertiary/aromatic N) is 3. The number of hydrogen-bond acceptors (Lipinski definition) is 4. The van der Waals surface area contributed by atoms with E-state index in [0.29, 0.717) is 42.5 Å². The highest BCUT2D eigenvalue weighted by molar-refractivity contribution is 6.32. The molecule has 1 aliphatic rings. The van der Waals surface area contributed by atoms with Crippen LogP contribution in [0.4, 0.5) is 5.82 Å². The number of ketones is 1. The van der Waals surface area contributed by atoms with E-state index in [1.165, 1.54) is 6.92 Å². The number of amides is 1. The van der Waals surface area contributed by atoms with Gasteiger partial charge in [-0.1, -0.05) is 11.6 Å². The van der Waals surface area contributed by atoms with E-state index in [9.17, 15) is 9.59 Å². The summed E-state index contributed by atoms with van der Waals surface area (Å²) in [5, 5.41) is 0.614. The molecule has 6 nitrogen and oxygen atoms in total. The first-order chi connectivity index (χ1) is 11.1. The fourth-order valence-corrected chi connectivity index (χ4v) is 2.86. The second-order valence-electron chi connectivity index (χ2n) is 5.45. The molecule has 3 rings (SSSR count). The van der Waals surface area contributed by atoms with Crippen LogP contribution < -0.4 is 4.90 Å². The summed E-state index contributed by atoms with van der Waals surface area (Å²) < 4.78 is 0. The number of hydrogen-bond donors (Lipinski definition) is 1. The number of aromatic nitrogens is 2. The van der Waals surface area contributed by atoms with Crippen molar-refractivity contribution in [2.24, 2.45) is 0 Å². The molecule has 0 atom stereocenters. The smallest absolute Gasteiger partial charge is 0.270 e. The maximum Gasteiger partial charge on any atom is 0.270 e. The second-order valence-corrected chi connectivity index (χ2v) is 5.85. The summed E-state index contributed by atoms with van der Waals surface area (Å²) in [5.74, 6) is 0.596. The maximum absolute atomic E-state index is 12.5. The summed E-state index contributed by atoms with van der Waals surface area (Å²) in [4.78, 5) is 34.8. The Morgan fingerprint density at radius 1 is 1.26 bits per heavy atom. The minimum Gasteiger partial charge on any atom is -0.356 e. The molecule has 1 fully saturated rings. The molecule has 1 amide bonds. The summed E-state index contributed by atoms with van der Waals surface area (Å²) in [7, 11) is 0. The SMILES string of the molecule is CC(=O)c1c[nH]c(C(=O)N2CCN(c3ncccc3Cl)CC2)c1. The highest BCUT2D eigenvalue weighted by Crippen LogP contribution is 2.23. The number of Topliss-reactive ketones (excluding diaryl/α,β-unsaturated/α-hetero) is 1. The third-order valence-corrected chi connectivity index (χ3v) is 4.22. The predicted octanol–water partition coefficient (Wildman–Crippen LogP) is 2.23. The van der Waals surface area contributed by atoms with Crippen LogP contribution in [0.3, 0.4) is 0 Å². The summed E-state index contributed by atoms with van der Waals surface area (Å²) in [6, 6.07) is 5.21. The summed E-state index contributed by atoms with van der Waals surface area (Å²) in [5.41, 5.74) is 0.965. The minimum atomic E-state index is -0.0933. The fourth-order valence-electron chi connectivity index (χ4n) is 2.62. The lowest BCUT2D eigenvalue weighted by molar-refractivity contribution is 0.0741. The van der Waals surface area contributed by atoms with Gasteiger partial charge in [-0.15, -0.1) is 0 Å². The number of carbonyl (C=O) groups is 2. The van der Waals surface area contributed by atoms with Gasteiger partial charge in [0.15, 0.2) is 5.78 Å². The number of rotatable bonds is 3. The molecule has 0 aromatic carbocycles. The van der Waals surface area contributed by atoms with Crippen molar-refractivity contribution < 1.29 is 9.59 Å². The van der Waals surface area contributed by atoms with E-state index in [1.54, 1.807) is 29.4 Å². The normalized spacial score (nSPS) is 14.9. The Morgan fingerprint density at radius 3 is 2.61 bits per heavy atom. The molecule has 2 aromatic rings. The van der Waals surface area contributed by atoms with Crippen molar-refractivity contribution in [3.05, 3.63) is 46.9 Å². The van der Waals surface area contributed by atoms with Crippen molar-refractivity contribution in [3.63, 3.8) is 0 Å². The number of aromatic amines is 1. The zero-order valence-corrected chi connectivity index (χ0v) is 13.5. The monoisotopic (exact) mass is 332 g/mol. The van der Waals surface area contributed by atoms with E-state index < -0.39 is 0 Å². The van der Waals surface area contributed by atoms with E-state index in [4.69, 9.17) is 11.6 Å². The predicted molar refractivity (Wildman–Crippen MR) is 88.2 cm³/mol. The minimum absolute atomic E-state index is 0.0603. The van der Waals surface area contributed by atoms with E-state index in [2.05, 4.69) is 14.9 Å². The van der Waals surface area contributed by atoms with Crippen molar-refractivity contribution in [1.82, 2.24) is 14.9 Å². The molecule has 0 saturated carbocycles. The van der Waals surface area contributed by atoms with Gasteiger partial charge in [0.2, 0.25) is 0 Å². The molecule has 1 N–H and O–H groups in total. The molecule has 0 spiro atoms. The summed E-state index contributed by atoms with van der Waals surface area (Å²) >= 11 is 6.16. The van der Waals surface area contributed by atoms with Crippen LogP contribution in [0.25, 0.3) is 0 Å². The lowest BCUT2D eigenvalue weighted by Gasteiger charge is -2.35. The molecule has 0 bridgehead atoms. The van der Waals surface area contributed by atoms with Crippen molar-refractivity contribution in [2.75, 3.05) is 31.1 Å². The topological polar surface area (TPSA) is 69.3 Å².